The first-order valence-electron chi connectivity index (χ1n) is 5.91. The van der Waals surface area contributed by atoms with Crippen LogP contribution in [0.25, 0.3) is 0 Å². The van der Waals surface area contributed by atoms with Crippen molar-refractivity contribution in [3.8, 4) is 11.5 Å². The molecule has 0 heterocycles. The number of ether oxygens (including phenoxy) is 1. The molecule has 0 atom stereocenters. The first-order chi connectivity index (χ1) is 9.60. The number of aliphatic imine (C=N–C) groups is 1. The molecule has 104 valence electrons. The number of hydrogen-bond acceptors (Lipinski definition) is 3. The fourth-order valence-electron chi connectivity index (χ4n) is 1.66. The molecule has 0 aliphatic heterocycles. The second kappa shape index (κ2) is 6.64. The summed E-state index contributed by atoms with van der Waals surface area (Å²) in [6, 6.07) is 10.7. The Balaban J connectivity index is 2.09. The lowest BCUT2D eigenvalue weighted by Gasteiger charge is -2.03. The van der Waals surface area contributed by atoms with Crippen molar-refractivity contribution < 1.29 is 9.84 Å². The standard InChI is InChI=1S/C15H13Cl2NO2/c1-20-13-4-2-10(3-5-13)8-18-9-11-6-12(16)7-14(17)15(11)19/h2-7,9,19H,8H2,1H3. The predicted molar refractivity (Wildman–Crippen MR) is 82.4 cm³/mol. The SMILES string of the molecule is COc1ccc(CN=Cc2cc(Cl)cc(Cl)c2O)cc1. The Morgan fingerprint density at radius 3 is 2.55 bits per heavy atom. The molecule has 0 aliphatic rings. The van der Waals surface area contributed by atoms with Gasteiger partial charge in [-0.2, -0.15) is 0 Å². The molecule has 0 aromatic heterocycles. The fraction of sp³-hybridized carbons (Fsp3) is 0.133. The molecule has 0 unspecified atom stereocenters. The van der Waals surface area contributed by atoms with E-state index in [1.165, 1.54) is 6.07 Å². The van der Waals surface area contributed by atoms with E-state index >= 15 is 0 Å². The smallest absolute Gasteiger partial charge is 0.143 e. The lowest BCUT2D eigenvalue weighted by atomic mass is 10.2. The van der Waals surface area contributed by atoms with Gasteiger partial charge in [0.15, 0.2) is 0 Å². The van der Waals surface area contributed by atoms with Crippen LogP contribution in [0.1, 0.15) is 11.1 Å². The fourth-order valence-corrected chi connectivity index (χ4v) is 2.17. The molecule has 0 bridgehead atoms. The third kappa shape index (κ3) is 3.65. The molecular weight excluding hydrogens is 297 g/mol. The molecule has 0 spiro atoms. The molecule has 0 saturated heterocycles. The molecule has 0 amide bonds. The largest absolute Gasteiger partial charge is 0.506 e. The Labute approximate surface area is 127 Å². The van der Waals surface area contributed by atoms with E-state index < -0.39 is 0 Å². The van der Waals surface area contributed by atoms with E-state index in [0.29, 0.717) is 17.1 Å². The maximum absolute atomic E-state index is 9.79. The van der Waals surface area contributed by atoms with Crippen LogP contribution in [0.3, 0.4) is 0 Å². The normalized spacial score (nSPS) is 10.9. The Morgan fingerprint density at radius 2 is 1.90 bits per heavy atom. The molecule has 5 heteroatoms. The number of halogens is 2. The van der Waals surface area contributed by atoms with Gasteiger partial charge in [0, 0.05) is 16.8 Å². The highest BCUT2D eigenvalue weighted by Crippen LogP contribution is 2.30. The van der Waals surface area contributed by atoms with Crippen LogP contribution in [0.15, 0.2) is 41.4 Å². The van der Waals surface area contributed by atoms with E-state index in [9.17, 15) is 5.11 Å². The van der Waals surface area contributed by atoms with Crippen molar-refractivity contribution in [3.05, 3.63) is 57.6 Å². The summed E-state index contributed by atoms with van der Waals surface area (Å²) in [7, 11) is 1.62. The summed E-state index contributed by atoms with van der Waals surface area (Å²) in [6.07, 6.45) is 1.55. The minimum absolute atomic E-state index is 0.0189. The number of rotatable bonds is 4. The van der Waals surface area contributed by atoms with Crippen LogP contribution >= 0.6 is 23.2 Å². The van der Waals surface area contributed by atoms with Crippen LogP contribution in [0.2, 0.25) is 10.0 Å². The average Bonchev–Trinajstić information content (AvgIpc) is 2.44. The number of phenols is 1. The van der Waals surface area contributed by atoms with Crippen molar-refractivity contribution in [1.82, 2.24) is 0 Å². The van der Waals surface area contributed by atoms with Crippen LogP contribution < -0.4 is 4.74 Å². The monoisotopic (exact) mass is 309 g/mol. The number of methoxy groups -OCH3 is 1. The summed E-state index contributed by atoms with van der Waals surface area (Å²) in [5.74, 6) is 0.784. The van der Waals surface area contributed by atoms with Gasteiger partial charge in [-0.05, 0) is 29.8 Å². The van der Waals surface area contributed by atoms with E-state index in [-0.39, 0.29) is 10.8 Å². The topological polar surface area (TPSA) is 41.8 Å². The zero-order chi connectivity index (χ0) is 14.5. The highest BCUT2D eigenvalue weighted by atomic mass is 35.5. The van der Waals surface area contributed by atoms with Gasteiger partial charge in [0.25, 0.3) is 0 Å². The van der Waals surface area contributed by atoms with Gasteiger partial charge in [-0.15, -0.1) is 0 Å². The van der Waals surface area contributed by atoms with E-state index in [1.54, 1.807) is 19.4 Å². The Bertz CT molecular complexity index is 625. The van der Waals surface area contributed by atoms with E-state index in [4.69, 9.17) is 27.9 Å². The average molecular weight is 310 g/mol. The molecule has 0 saturated carbocycles. The van der Waals surface area contributed by atoms with Crippen molar-refractivity contribution in [1.29, 1.82) is 0 Å². The van der Waals surface area contributed by atoms with Crippen molar-refractivity contribution >= 4 is 29.4 Å². The van der Waals surface area contributed by atoms with Crippen LogP contribution in [0.4, 0.5) is 0 Å². The zero-order valence-corrected chi connectivity index (χ0v) is 12.3. The zero-order valence-electron chi connectivity index (χ0n) is 10.8. The summed E-state index contributed by atoms with van der Waals surface area (Å²) in [5, 5.41) is 10.5. The quantitative estimate of drug-likeness (QED) is 0.854. The minimum Gasteiger partial charge on any atom is -0.506 e. The molecule has 1 N–H and O–H groups in total. The second-order valence-electron chi connectivity index (χ2n) is 4.14. The summed E-state index contributed by atoms with van der Waals surface area (Å²) < 4.78 is 5.08. The summed E-state index contributed by atoms with van der Waals surface area (Å²) in [6.45, 7) is 0.494. The first-order valence-corrected chi connectivity index (χ1v) is 6.66. The third-order valence-electron chi connectivity index (χ3n) is 2.72. The van der Waals surface area contributed by atoms with Crippen molar-refractivity contribution in [2.24, 2.45) is 4.99 Å². The molecule has 2 rings (SSSR count). The Kier molecular flexibility index (Phi) is 4.88. The van der Waals surface area contributed by atoms with Crippen molar-refractivity contribution in [3.63, 3.8) is 0 Å². The lowest BCUT2D eigenvalue weighted by Crippen LogP contribution is -1.87. The Hall–Kier alpha value is -1.71. The summed E-state index contributed by atoms with van der Waals surface area (Å²) in [5.41, 5.74) is 1.53. The molecule has 2 aromatic carbocycles. The maximum atomic E-state index is 9.79. The first kappa shape index (κ1) is 14.7. The molecule has 0 aliphatic carbocycles. The number of nitrogens with zero attached hydrogens (tertiary/aromatic N) is 1. The van der Waals surface area contributed by atoms with Gasteiger partial charge in [0.2, 0.25) is 0 Å². The molecule has 0 fully saturated rings. The minimum atomic E-state index is -0.0189. The van der Waals surface area contributed by atoms with Gasteiger partial charge in [-0.25, -0.2) is 0 Å². The van der Waals surface area contributed by atoms with E-state index in [2.05, 4.69) is 4.99 Å². The maximum Gasteiger partial charge on any atom is 0.143 e. The summed E-state index contributed by atoms with van der Waals surface area (Å²) in [4.78, 5) is 4.27. The van der Waals surface area contributed by atoms with Gasteiger partial charge in [0.1, 0.15) is 11.5 Å². The predicted octanol–water partition coefficient (Wildman–Crippen LogP) is 4.33. The van der Waals surface area contributed by atoms with Gasteiger partial charge < -0.3 is 9.84 Å². The molecule has 2 aromatic rings. The number of hydrogen-bond donors (Lipinski definition) is 1. The van der Waals surface area contributed by atoms with Crippen LogP contribution in [-0.2, 0) is 6.54 Å². The van der Waals surface area contributed by atoms with Crippen molar-refractivity contribution in [2.45, 2.75) is 6.54 Å². The van der Waals surface area contributed by atoms with Gasteiger partial charge in [-0.3, -0.25) is 4.99 Å². The van der Waals surface area contributed by atoms with Gasteiger partial charge in [0.05, 0.1) is 18.7 Å². The molecule has 0 radical (unpaired) electrons. The number of benzene rings is 2. The third-order valence-corrected chi connectivity index (χ3v) is 3.23. The van der Waals surface area contributed by atoms with E-state index in [1.807, 2.05) is 24.3 Å². The Morgan fingerprint density at radius 1 is 1.20 bits per heavy atom. The van der Waals surface area contributed by atoms with Crippen molar-refractivity contribution in [2.75, 3.05) is 7.11 Å². The van der Waals surface area contributed by atoms with Crippen LogP contribution in [-0.4, -0.2) is 18.4 Å². The van der Waals surface area contributed by atoms with Gasteiger partial charge >= 0.3 is 0 Å². The molecular formula is C15H13Cl2NO2. The second-order valence-corrected chi connectivity index (χ2v) is 4.99. The molecule has 20 heavy (non-hydrogen) atoms. The highest BCUT2D eigenvalue weighted by molar-refractivity contribution is 6.36. The van der Waals surface area contributed by atoms with Crippen LogP contribution in [0.5, 0.6) is 11.5 Å². The lowest BCUT2D eigenvalue weighted by molar-refractivity contribution is 0.414. The molecule has 3 nitrogen and oxygen atoms in total. The van der Waals surface area contributed by atoms with Gasteiger partial charge in [-0.1, -0.05) is 35.3 Å². The van der Waals surface area contributed by atoms with E-state index in [0.717, 1.165) is 11.3 Å². The highest BCUT2D eigenvalue weighted by Gasteiger charge is 2.05. The van der Waals surface area contributed by atoms with Crippen LogP contribution in [0, 0.1) is 0 Å². The number of aromatic hydroxyl groups is 1. The summed E-state index contributed by atoms with van der Waals surface area (Å²) >= 11 is 11.7. The number of phenolic OH excluding ortho intramolecular Hbond substituents is 1.